The van der Waals surface area contributed by atoms with E-state index in [2.05, 4.69) is 12.3 Å². The average molecular weight is 182 g/mol. The first-order chi connectivity index (χ1) is 6.29. The van der Waals surface area contributed by atoms with Gasteiger partial charge in [0, 0.05) is 11.6 Å². The first-order valence-corrected chi connectivity index (χ1v) is 4.79. The van der Waals surface area contributed by atoms with Crippen molar-refractivity contribution in [2.75, 3.05) is 0 Å². The molecule has 74 valence electrons. The molecule has 0 aliphatic rings. The highest BCUT2D eigenvalue weighted by molar-refractivity contribution is 5.19. The molecule has 0 radical (unpaired) electrons. The maximum atomic E-state index is 5.48. The van der Waals surface area contributed by atoms with Crippen molar-refractivity contribution in [3.63, 3.8) is 0 Å². The second-order valence-corrected chi connectivity index (χ2v) is 3.29. The smallest absolute Gasteiger partial charge is 0.105 e. The molecule has 1 rings (SSSR count). The Hall–Kier alpha value is -0.800. The predicted octanol–water partition coefficient (Wildman–Crippen LogP) is 2.28. The van der Waals surface area contributed by atoms with Gasteiger partial charge < -0.3 is 4.42 Å². The molecule has 0 spiro atoms. The van der Waals surface area contributed by atoms with E-state index in [1.807, 2.05) is 13.0 Å². The Morgan fingerprint density at radius 3 is 2.85 bits per heavy atom. The lowest BCUT2D eigenvalue weighted by Gasteiger charge is -2.14. The molecule has 0 aliphatic carbocycles. The van der Waals surface area contributed by atoms with E-state index in [9.17, 15) is 0 Å². The quantitative estimate of drug-likeness (QED) is 0.542. The van der Waals surface area contributed by atoms with Crippen molar-refractivity contribution in [3.05, 3.63) is 23.7 Å². The van der Waals surface area contributed by atoms with Crippen LogP contribution in [0.25, 0.3) is 0 Å². The normalized spacial score (nSPS) is 13.2. The fourth-order valence-electron chi connectivity index (χ4n) is 1.49. The molecule has 0 aromatic carbocycles. The van der Waals surface area contributed by atoms with E-state index in [0.717, 1.165) is 12.2 Å². The molecule has 0 saturated heterocycles. The molecule has 3 N–H and O–H groups in total. The summed E-state index contributed by atoms with van der Waals surface area (Å²) in [6.45, 7) is 4.14. The number of furan rings is 1. The molecule has 1 unspecified atom stereocenters. The van der Waals surface area contributed by atoms with Gasteiger partial charge in [-0.25, -0.2) is 0 Å². The van der Waals surface area contributed by atoms with Crippen LogP contribution in [0.3, 0.4) is 0 Å². The summed E-state index contributed by atoms with van der Waals surface area (Å²) < 4.78 is 5.23. The van der Waals surface area contributed by atoms with Crippen LogP contribution in [0.4, 0.5) is 0 Å². The molecule has 13 heavy (non-hydrogen) atoms. The molecule has 3 nitrogen and oxygen atoms in total. The molecular formula is C10H18N2O. The molecule has 3 heteroatoms. The number of nitrogens with one attached hydrogen (secondary N) is 1. The first-order valence-electron chi connectivity index (χ1n) is 4.79. The van der Waals surface area contributed by atoms with Gasteiger partial charge in [-0.05, 0) is 19.4 Å². The van der Waals surface area contributed by atoms with Gasteiger partial charge in [0.1, 0.15) is 5.76 Å². The Morgan fingerprint density at radius 1 is 1.62 bits per heavy atom. The van der Waals surface area contributed by atoms with E-state index >= 15 is 0 Å². The number of nitrogens with two attached hydrogens (primary N) is 1. The average Bonchev–Trinajstić information content (AvgIpc) is 2.54. The zero-order chi connectivity index (χ0) is 9.68. The molecule has 0 saturated carbocycles. The zero-order valence-corrected chi connectivity index (χ0v) is 8.34. The molecule has 0 aliphatic heterocycles. The largest absolute Gasteiger partial charge is 0.469 e. The number of hydrogen-bond donors (Lipinski definition) is 2. The SMILES string of the molecule is CCCCC(NN)c1ccoc1C. The van der Waals surface area contributed by atoms with Crippen LogP contribution in [0.2, 0.25) is 0 Å². The van der Waals surface area contributed by atoms with Crippen LogP contribution in [0.1, 0.15) is 43.6 Å². The first kappa shape index (κ1) is 10.3. The van der Waals surface area contributed by atoms with Crippen LogP contribution in [-0.2, 0) is 0 Å². The van der Waals surface area contributed by atoms with Crippen LogP contribution in [0.5, 0.6) is 0 Å². The summed E-state index contributed by atoms with van der Waals surface area (Å²) in [5.74, 6) is 6.44. The number of hydrazine groups is 1. The summed E-state index contributed by atoms with van der Waals surface area (Å²) in [5, 5.41) is 0. The summed E-state index contributed by atoms with van der Waals surface area (Å²) in [5.41, 5.74) is 4.00. The second kappa shape index (κ2) is 5.04. The van der Waals surface area contributed by atoms with Gasteiger partial charge in [0.2, 0.25) is 0 Å². The molecule has 0 amide bonds. The number of unbranched alkanes of at least 4 members (excludes halogenated alkanes) is 1. The standard InChI is InChI=1S/C10H18N2O/c1-3-4-5-10(12-11)9-6-7-13-8(9)2/h6-7,10,12H,3-5,11H2,1-2H3. The van der Waals surface area contributed by atoms with Crippen molar-refractivity contribution < 1.29 is 4.42 Å². The van der Waals surface area contributed by atoms with Gasteiger partial charge in [-0.15, -0.1) is 0 Å². The molecule has 0 fully saturated rings. The fraction of sp³-hybridized carbons (Fsp3) is 0.600. The highest BCUT2D eigenvalue weighted by Gasteiger charge is 2.12. The molecule has 1 atom stereocenters. The van der Waals surface area contributed by atoms with Crippen LogP contribution >= 0.6 is 0 Å². The maximum Gasteiger partial charge on any atom is 0.105 e. The maximum absolute atomic E-state index is 5.48. The van der Waals surface area contributed by atoms with Gasteiger partial charge in [-0.2, -0.15) is 0 Å². The molecule has 1 aromatic heterocycles. The van der Waals surface area contributed by atoms with Crippen LogP contribution in [0, 0.1) is 6.92 Å². The Kier molecular flexibility index (Phi) is 3.99. The Bertz CT molecular complexity index is 245. The molecular weight excluding hydrogens is 164 g/mol. The van der Waals surface area contributed by atoms with E-state index in [1.165, 1.54) is 18.4 Å². The minimum Gasteiger partial charge on any atom is -0.469 e. The van der Waals surface area contributed by atoms with Crippen molar-refractivity contribution in [1.82, 2.24) is 5.43 Å². The fourth-order valence-corrected chi connectivity index (χ4v) is 1.49. The van der Waals surface area contributed by atoms with E-state index in [1.54, 1.807) is 6.26 Å². The summed E-state index contributed by atoms with van der Waals surface area (Å²) in [6, 6.07) is 2.22. The highest BCUT2D eigenvalue weighted by Crippen LogP contribution is 2.22. The minimum atomic E-state index is 0.235. The van der Waals surface area contributed by atoms with Crippen molar-refractivity contribution in [2.24, 2.45) is 5.84 Å². The van der Waals surface area contributed by atoms with Crippen molar-refractivity contribution in [1.29, 1.82) is 0 Å². The van der Waals surface area contributed by atoms with E-state index in [-0.39, 0.29) is 6.04 Å². The number of aryl methyl sites for hydroxylation is 1. The number of rotatable bonds is 5. The Morgan fingerprint density at radius 2 is 2.38 bits per heavy atom. The third-order valence-corrected chi connectivity index (χ3v) is 2.32. The zero-order valence-electron chi connectivity index (χ0n) is 8.34. The summed E-state index contributed by atoms with van der Waals surface area (Å²) in [6.07, 6.45) is 5.14. The van der Waals surface area contributed by atoms with Gasteiger partial charge in [0.05, 0.1) is 6.26 Å². The van der Waals surface area contributed by atoms with Crippen molar-refractivity contribution >= 4 is 0 Å². The lowest BCUT2D eigenvalue weighted by Crippen LogP contribution is -2.28. The molecule has 1 aromatic rings. The number of hydrogen-bond acceptors (Lipinski definition) is 3. The van der Waals surface area contributed by atoms with Crippen LogP contribution in [-0.4, -0.2) is 0 Å². The summed E-state index contributed by atoms with van der Waals surface area (Å²) in [4.78, 5) is 0. The van der Waals surface area contributed by atoms with Gasteiger partial charge in [-0.3, -0.25) is 11.3 Å². The third-order valence-electron chi connectivity index (χ3n) is 2.32. The Labute approximate surface area is 79.3 Å². The molecule has 0 bridgehead atoms. The van der Waals surface area contributed by atoms with Crippen molar-refractivity contribution in [3.8, 4) is 0 Å². The van der Waals surface area contributed by atoms with Gasteiger partial charge in [-0.1, -0.05) is 19.8 Å². The second-order valence-electron chi connectivity index (χ2n) is 3.29. The summed E-state index contributed by atoms with van der Waals surface area (Å²) >= 11 is 0. The van der Waals surface area contributed by atoms with E-state index < -0.39 is 0 Å². The van der Waals surface area contributed by atoms with E-state index in [4.69, 9.17) is 10.3 Å². The lowest BCUT2D eigenvalue weighted by atomic mass is 10.0. The van der Waals surface area contributed by atoms with Crippen LogP contribution in [0.15, 0.2) is 16.7 Å². The van der Waals surface area contributed by atoms with Crippen LogP contribution < -0.4 is 11.3 Å². The van der Waals surface area contributed by atoms with Gasteiger partial charge in [0.25, 0.3) is 0 Å². The van der Waals surface area contributed by atoms with Gasteiger partial charge in [0.15, 0.2) is 0 Å². The predicted molar refractivity (Wildman–Crippen MR) is 53.0 cm³/mol. The van der Waals surface area contributed by atoms with E-state index in [0.29, 0.717) is 0 Å². The third kappa shape index (κ3) is 2.57. The monoisotopic (exact) mass is 182 g/mol. The molecule has 1 heterocycles. The van der Waals surface area contributed by atoms with Gasteiger partial charge >= 0.3 is 0 Å². The summed E-state index contributed by atoms with van der Waals surface area (Å²) in [7, 11) is 0. The topological polar surface area (TPSA) is 51.2 Å². The Balaban J connectivity index is 2.61. The highest BCUT2D eigenvalue weighted by atomic mass is 16.3. The van der Waals surface area contributed by atoms with Crippen molar-refractivity contribution in [2.45, 2.75) is 39.2 Å². The minimum absolute atomic E-state index is 0.235. The lowest BCUT2D eigenvalue weighted by molar-refractivity contribution is 0.473.